The smallest absolute Gasteiger partial charge is 0.313 e. The minimum absolute atomic E-state index is 0.0413. The molecule has 0 amide bonds. The molecular weight excluding hydrogens is 586 g/mol. The van der Waals surface area contributed by atoms with E-state index in [0.29, 0.717) is 27.1 Å². The first-order valence-electron chi connectivity index (χ1n) is 12.4. The largest absolute Gasteiger partial charge is 0.481 e. The minimum Gasteiger partial charge on any atom is -0.481 e. The average Bonchev–Trinajstić information content (AvgIpc) is 3.39. The van der Waals surface area contributed by atoms with Crippen LogP contribution in [0.1, 0.15) is 11.1 Å². The van der Waals surface area contributed by atoms with Crippen molar-refractivity contribution in [3.8, 4) is 17.3 Å². The highest BCUT2D eigenvalue weighted by atomic mass is 35.5. The summed E-state index contributed by atoms with van der Waals surface area (Å²) in [5.41, 5.74) is 0.547. The minimum atomic E-state index is -0.654. The summed E-state index contributed by atoms with van der Waals surface area (Å²) in [6.45, 7) is -0.175. The molecule has 0 aliphatic heterocycles. The summed E-state index contributed by atoms with van der Waals surface area (Å²) in [5.74, 6) is -0.320. The normalized spacial score (nSPS) is 11.5. The van der Waals surface area contributed by atoms with Crippen molar-refractivity contribution in [1.29, 1.82) is 0 Å². The van der Waals surface area contributed by atoms with E-state index < -0.39 is 22.0 Å². The first kappa shape index (κ1) is 27.1. The maximum absolute atomic E-state index is 13.7. The molecule has 0 atom stereocenters. The zero-order valence-corrected chi connectivity index (χ0v) is 22.8. The van der Waals surface area contributed by atoms with Crippen LogP contribution in [0.15, 0.2) is 99.2 Å². The van der Waals surface area contributed by atoms with Gasteiger partial charge in [-0.2, -0.15) is 9.78 Å². The summed E-state index contributed by atoms with van der Waals surface area (Å²) >= 11 is 12.3. The van der Waals surface area contributed by atoms with Gasteiger partial charge in [-0.3, -0.25) is 14.9 Å². The van der Waals surface area contributed by atoms with Gasteiger partial charge >= 0.3 is 5.69 Å². The summed E-state index contributed by atoms with van der Waals surface area (Å²) in [6.07, 6.45) is 1.21. The van der Waals surface area contributed by atoms with Crippen LogP contribution in [0.2, 0.25) is 10.0 Å². The number of halogens is 3. The Morgan fingerprint density at radius 1 is 1.02 bits per heavy atom. The lowest BCUT2D eigenvalue weighted by molar-refractivity contribution is -0.385. The van der Waals surface area contributed by atoms with Gasteiger partial charge in [0.2, 0.25) is 11.6 Å². The molecule has 0 unspecified atom stereocenters. The zero-order valence-electron chi connectivity index (χ0n) is 21.3. The van der Waals surface area contributed by atoms with Gasteiger partial charge in [0, 0.05) is 27.1 Å². The fourth-order valence-electron chi connectivity index (χ4n) is 4.41. The molecule has 0 bridgehead atoms. The molecule has 12 heteroatoms. The average molecular weight is 603 g/mol. The van der Waals surface area contributed by atoms with Crippen molar-refractivity contribution >= 4 is 57.0 Å². The standard InChI is InChI=1S/C30H17Cl2FN4O5/c31-20-8-9-26-18(11-20)13-27(42-26)29-35-24-7-2-1-6-23(24)30(38)36(29)34-15-19-12-21(32)14-25(37(39)40)28(19)41-16-17-4-3-5-22(33)10-17/h1-15H,16H2. The number of hydrogen-bond donors (Lipinski definition) is 0. The van der Waals surface area contributed by atoms with E-state index >= 15 is 0 Å². The second kappa shape index (κ2) is 11.1. The van der Waals surface area contributed by atoms with E-state index in [9.17, 15) is 19.3 Å². The number of ether oxygens (including phenoxy) is 1. The van der Waals surface area contributed by atoms with Crippen LogP contribution in [0.25, 0.3) is 33.5 Å². The third kappa shape index (κ3) is 5.32. The van der Waals surface area contributed by atoms with E-state index in [-0.39, 0.29) is 39.9 Å². The fraction of sp³-hybridized carbons (Fsp3) is 0.0333. The molecule has 2 heterocycles. The molecule has 6 rings (SSSR count). The van der Waals surface area contributed by atoms with Gasteiger partial charge in [-0.1, -0.05) is 47.5 Å². The highest BCUT2D eigenvalue weighted by Gasteiger charge is 2.22. The van der Waals surface area contributed by atoms with Crippen molar-refractivity contribution in [2.24, 2.45) is 5.10 Å². The highest BCUT2D eigenvalue weighted by Crippen LogP contribution is 2.35. The predicted octanol–water partition coefficient (Wildman–Crippen LogP) is 7.63. The Labute approximate surface area is 246 Å². The molecule has 0 radical (unpaired) electrons. The van der Waals surface area contributed by atoms with Crippen molar-refractivity contribution < 1.29 is 18.5 Å². The fourth-order valence-corrected chi connectivity index (χ4v) is 4.81. The molecular formula is C30H17Cl2FN4O5. The van der Waals surface area contributed by atoms with Gasteiger partial charge in [0.05, 0.1) is 22.0 Å². The van der Waals surface area contributed by atoms with E-state index in [1.165, 1.54) is 30.5 Å². The van der Waals surface area contributed by atoms with Gasteiger partial charge in [0.25, 0.3) is 5.56 Å². The van der Waals surface area contributed by atoms with E-state index in [1.54, 1.807) is 54.6 Å². The lowest BCUT2D eigenvalue weighted by Gasteiger charge is -2.11. The van der Waals surface area contributed by atoms with Crippen molar-refractivity contribution in [2.75, 3.05) is 0 Å². The lowest BCUT2D eigenvalue weighted by atomic mass is 10.1. The SMILES string of the molecule is O=c1c2ccccc2nc(-c2cc3cc(Cl)ccc3o2)n1N=Cc1cc(Cl)cc([N+](=O)[O-])c1OCc1cccc(F)c1. The summed E-state index contributed by atoms with van der Waals surface area (Å²) in [4.78, 5) is 29.5. The van der Waals surface area contributed by atoms with Crippen molar-refractivity contribution in [2.45, 2.75) is 6.61 Å². The number of nitro groups is 1. The van der Waals surface area contributed by atoms with Crippen molar-refractivity contribution in [1.82, 2.24) is 9.66 Å². The number of para-hydroxylation sites is 1. The van der Waals surface area contributed by atoms with Gasteiger partial charge in [-0.05, 0) is 60.2 Å². The first-order chi connectivity index (χ1) is 20.3. The molecule has 0 saturated carbocycles. The van der Waals surface area contributed by atoms with E-state index in [4.69, 9.17) is 32.4 Å². The predicted molar refractivity (Wildman–Crippen MR) is 158 cm³/mol. The molecule has 0 saturated heterocycles. The van der Waals surface area contributed by atoms with E-state index in [0.717, 1.165) is 10.7 Å². The molecule has 42 heavy (non-hydrogen) atoms. The summed E-state index contributed by atoms with van der Waals surface area (Å²) in [5, 5.41) is 17.8. The Morgan fingerprint density at radius 3 is 2.67 bits per heavy atom. The number of hydrogen-bond acceptors (Lipinski definition) is 7. The summed E-state index contributed by atoms with van der Waals surface area (Å²) in [6, 6.07) is 21.7. The molecule has 0 spiro atoms. The van der Waals surface area contributed by atoms with Crippen LogP contribution in [0.3, 0.4) is 0 Å². The summed E-state index contributed by atoms with van der Waals surface area (Å²) < 4.78 is 26.5. The Kier molecular flexibility index (Phi) is 7.15. The lowest BCUT2D eigenvalue weighted by Crippen LogP contribution is -2.20. The van der Waals surface area contributed by atoms with Crippen LogP contribution < -0.4 is 10.3 Å². The monoisotopic (exact) mass is 602 g/mol. The van der Waals surface area contributed by atoms with Gasteiger partial charge in [-0.25, -0.2) is 9.37 Å². The molecule has 0 N–H and O–H groups in total. The summed E-state index contributed by atoms with van der Waals surface area (Å²) in [7, 11) is 0. The van der Waals surface area contributed by atoms with Crippen molar-refractivity contribution in [3.63, 3.8) is 0 Å². The highest BCUT2D eigenvalue weighted by molar-refractivity contribution is 6.31. The van der Waals surface area contributed by atoms with Crippen LogP contribution in [0, 0.1) is 15.9 Å². The van der Waals surface area contributed by atoms with Crippen molar-refractivity contribution in [3.05, 3.63) is 132 Å². The van der Waals surface area contributed by atoms with Crippen LogP contribution >= 0.6 is 23.2 Å². The molecule has 4 aromatic carbocycles. The maximum Gasteiger partial charge on any atom is 0.313 e. The number of nitrogens with zero attached hydrogens (tertiary/aromatic N) is 4. The number of aromatic nitrogens is 2. The first-order valence-corrected chi connectivity index (χ1v) is 13.1. The second-order valence-corrected chi connectivity index (χ2v) is 10.00. The molecule has 0 aliphatic carbocycles. The Hall–Kier alpha value is -5.06. The quantitative estimate of drug-likeness (QED) is 0.105. The topological polar surface area (TPSA) is 113 Å². The molecule has 208 valence electrons. The molecule has 0 fully saturated rings. The van der Waals surface area contributed by atoms with Crippen LogP contribution in [0.5, 0.6) is 5.75 Å². The third-order valence-corrected chi connectivity index (χ3v) is 6.75. The maximum atomic E-state index is 13.7. The second-order valence-electron chi connectivity index (χ2n) is 9.13. The Morgan fingerprint density at radius 2 is 1.86 bits per heavy atom. The van der Waals surface area contributed by atoms with Gasteiger partial charge in [0.1, 0.15) is 18.0 Å². The van der Waals surface area contributed by atoms with E-state index in [1.807, 2.05) is 0 Å². The molecule has 2 aromatic heterocycles. The molecule has 6 aromatic rings. The zero-order chi connectivity index (χ0) is 29.4. The number of benzene rings is 4. The molecule has 0 aliphatic rings. The third-order valence-electron chi connectivity index (χ3n) is 6.30. The van der Waals surface area contributed by atoms with Crippen LogP contribution in [-0.2, 0) is 6.61 Å². The number of nitro benzene ring substituents is 1. The van der Waals surface area contributed by atoms with Crippen LogP contribution in [-0.4, -0.2) is 20.8 Å². The Balaban J connectivity index is 1.50. The number of furan rings is 1. The molecule has 9 nitrogen and oxygen atoms in total. The number of fused-ring (bicyclic) bond motifs is 2. The number of rotatable bonds is 7. The van der Waals surface area contributed by atoms with Gasteiger partial charge in [0.15, 0.2) is 5.76 Å². The van der Waals surface area contributed by atoms with Gasteiger partial charge in [-0.15, -0.1) is 0 Å². The Bertz CT molecular complexity index is 2110. The van der Waals surface area contributed by atoms with Gasteiger partial charge < -0.3 is 9.15 Å². The van der Waals surface area contributed by atoms with Crippen LogP contribution in [0.4, 0.5) is 10.1 Å². The van der Waals surface area contributed by atoms with E-state index in [2.05, 4.69) is 10.1 Å².